The zero-order valence-corrected chi connectivity index (χ0v) is 21.9. The number of aromatic nitrogens is 4. The van der Waals surface area contributed by atoms with Crippen LogP contribution < -0.4 is 5.56 Å². The van der Waals surface area contributed by atoms with Gasteiger partial charge in [-0.3, -0.25) is 19.3 Å². The molecule has 1 aliphatic carbocycles. The molecule has 0 aliphatic heterocycles. The van der Waals surface area contributed by atoms with Crippen molar-refractivity contribution in [3.8, 4) is 0 Å². The fraction of sp³-hybridized carbons (Fsp3) is 0.400. The first-order valence-corrected chi connectivity index (χ1v) is 13.3. The van der Waals surface area contributed by atoms with Gasteiger partial charge in [0.25, 0.3) is 5.56 Å². The number of pyridine rings is 2. The third-order valence-corrected chi connectivity index (χ3v) is 7.73. The van der Waals surface area contributed by atoms with Crippen LogP contribution in [0.15, 0.2) is 53.6 Å². The predicted molar refractivity (Wildman–Crippen MR) is 141 cm³/mol. The van der Waals surface area contributed by atoms with E-state index in [1.165, 1.54) is 22.9 Å². The molecule has 0 spiro atoms. The van der Waals surface area contributed by atoms with Gasteiger partial charge in [0.05, 0.1) is 23.5 Å². The summed E-state index contributed by atoms with van der Waals surface area (Å²) in [7, 11) is 0. The Kier molecular flexibility index (Phi) is 7.51. The zero-order chi connectivity index (χ0) is 27.7. The predicted octanol–water partition coefficient (Wildman–Crippen LogP) is 7.10. The number of hydrogen-bond donors (Lipinski definition) is 0. The highest BCUT2D eigenvalue weighted by Gasteiger charge is 2.34. The number of halogens is 4. The summed E-state index contributed by atoms with van der Waals surface area (Å²) in [5.41, 5.74) is 2.04. The van der Waals surface area contributed by atoms with E-state index in [0.717, 1.165) is 23.6 Å². The van der Waals surface area contributed by atoms with Gasteiger partial charge in [0.2, 0.25) is 0 Å². The lowest BCUT2D eigenvalue weighted by atomic mass is 9.75. The Morgan fingerprint density at radius 1 is 1.03 bits per heavy atom. The Bertz CT molecular complexity index is 1540. The van der Waals surface area contributed by atoms with Gasteiger partial charge in [0.15, 0.2) is 5.65 Å². The number of aryl methyl sites for hydroxylation is 2. The van der Waals surface area contributed by atoms with E-state index < -0.39 is 11.7 Å². The Balaban J connectivity index is 1.55. The van der Waals surface area contributed by atoms with E-state index in [2.05, 4.69) is 15.0 Å². The summed E-state index contributed by atoms with van der Waals surface area (Å²) in [5, 5.41) is 0. The molecule has 5 nitrogen and oxygen atoms in total. The van der Waals surface area contributed by atoms with Crippen molar-refractivity contribution in [2.45, 2.75) is 76.9 Å². The van der Waals surface area contributed by atoms with Crippen LogP contribution >= 0.6 is 0 Å². The number of benzene rings is 1. The molecular formula is C30H30F4N4O. The average Bonchev–Trinajstić information content (AvgIpc) is 2.90. The molecule has 3 aromatic heterocycles. The van der Waals surface area contributed by atoms with Gasteiger partial charge >= 0.3 is 6.18 Å². The van der Waals surface area contributed by atoms with Gasteiger partial charge in [-0.25, -0.2) is 9.37 Å². The van der Waals surface area contributed by atoms with Crippen LogP contribution in [0.5, 0.6) is 0 Å². The minimum absolute atomic E-state index is 0.0596. The number of rotatable bonds is 6. The molecule has 4 aromatic rings. The van der Waals surface area contributed by atoms with Crippen LogP contribution in [0.25, 0.3) is 11.2 Å². The van der Waals surface area contributed by atoms with Crippen molar-refractivity contribution >= 4 is 11.2 Å². The number of hydrogen-bond acceptors (Lipinski definition) is 4. The molecule has 1 fully saturated rings. The molecule has 1 aliphatic rings. The quantitative estimate of drug-likeness (QED) is 0.246. The summed E-state index contributed by atoms with van der Waals surface area (Å²) < 4.78 is 57.2. The van der Waals surface area contributed by atoms with E-state index >= 15 is 0 Å². The maximum Gasteiger partial charge on any atom is 0.418 e. The third kappa shape index (κ3) is 5.44. The standard InChI is InChI=1S/C30H30F4N4O/c1-3-6-21-16-36-25-15-22(19-10-12-20(13-11-19)27-18(2)7-4-9-24(27)31)29(39)38(28(25)37-21)17-26-23(30(32,33)34)8-5-14-35-26/h4-5,7-9,14-16,19-20H,3,6,10-13,17H2,1-2H3. The highest BCUT2D eigenvalue weighted by atomic mass is 19.4. The smallest absolute Gasteiger partial charge is 0.285 e. The van der Waals surface area contributed by atoms with Crippen LogP contribution in [0.1, 0.15) is 84.5 Å². The molecule has 204 valence electrons. The molecule has 0 unspecified atom stereocenters. The summed E-state index contributed by atoms with van der Waals surface area (Å²) >= 11 is 0. The largest absolute Gasteiger partial charge is 0.418 e. The normalized spacial score (nSPS) is 18.0. The Labute approximate surface area is 224 Å². The van der Waals surface area contributed by atoms with Crippen molar-refractivity contribution in [3.63, 3.8) is 0 Å². The maximum absolute atomic E-state index is 14.6. The van der Waals surface area contributed by atoms with Crippen molar-refractivity contribution in [2.24, 2.45) is 0 Å². The van der Waals surface area contributed by atoms with Crippen LogP contribution in [-0.2, 0) is 19.1 Å². The third-order valence-electron chi connectivity index (χ3n) is 7.73. The van der Waals surface area contributed by atoms with Crippen molar-refractivity contribution in [1.82, 2.24) is 19.5 Å². The first-order valence-electron chi connectivity index (χ1n) is 13.3. The van der Waals surface area contributed by atoms with E-state index in [1.54, 1.807) is 18.3 Å². The van der Waals surface area contributed by atoms with Crippen LogP contribution in [0.4, 0.5) is 17.6 Å². The SMILES string of the molecule is CCCc1cnc2cc(C3CCC(c4c(C)cccc4F)CC3)c(=O)n(Cc3ncccc3C(F)(F)F)c2n1. The lowest BCUT2D eigenvalue weighted by Gasteiger charge is -2.30. The van der Waals surface area contributed by atoms with Gasteiger partial charge in [-0.15, -0.1) is 0 Å². The zero-order valence-electron chi connectivity index (χ0n) is 21.9. The van der Waals surface area contributed by atoms with Crippen molar-refractivity contribution in [2.75, 3.05) is 0 Å². The fourth-order valence-corrected chi connectivity index (χ4v) is 5.83. The fourth-order valence-electron chi connectivity index (χ4n) is 5.83. The van der Waals surface area contributed by atoms with Crippen LogP contribution in [0, 0.1) is 12.7 Å². The van der Waals surface area contributed by atoms with Gasteiger partial charge in [-0.2, -0.15) is 13.2 Å². The van der Waals surface area contributed by atoms with Gasteiger partial charge < -0.3 is 0 Å². The molecule has 0 bridgehead atoms. The summed E-state index contributed by atoms with van der Waals surface area (Å²) in [6.07, 6.45) is 2.54. The molecular weight excluding hydrogens is 508 g/mol. The van der Waals surface area contributed by atoms with E-state index in [9.17, 15) is 22.4 Å². The second kappa shape index (κ2) is 10.9. The molecule has 0 amide bonds. The van der Waals surface area contributed by atoms with Crippen molar-refractivity contribution < 1.29 is 17.6 Å². The molecule has 3 heterocycles. The highest BCUT2D eigenvalue weighted by Crippen LogP contribution is 2.41. The van der Waals surface area contributed by atoms with Gasteiger partial charge in [-0.05, 0) is 86.3 Å². The summed E-state index contributed by atoms with van der Waals surface area (Å²) in [6.45, 7) is 3.53. The van der Waals surface area contributed by atoms with E-state index in [1.807, 2.05) is 19.9 Å². The summed E-state index contributed by atoms with van der Waals surface area (Å²) in [4.78, 5) is 27.1. The van der Waals surface area contributed by atoms with Crippen LogP contribution in [0.3, 0.4) is 0 Å². The Morgan fingerprint density at radius 2 is 1.77 bits per heavy atom. The molecule has 1 aromatic carbocycles. The molecule has 39 heavy (non-hydrogen) atoms. The molecule has 0 N–H and O–H groups in total. The van der Waals surface area contributed by atoms with Crippen molar-refractivity contribution in [1.29, 1.82) is 0 Å². The Morgan fingerprint density at radius 3 is 2.46 bits per heavy atom. The Hall–Kier alpha value is -3.62. The molecule has 1 saturated carbocycles. The molecule has 0 saturated heterocycles. The minimum Gasteiger partial charge on any atom is -0.285 e. The number of nitrogens with zero attached hydrogens (tertiary/aromatic N) is 4. The number of fused-ring (bicyclic) bond motifs is 1. The monoisotopic (exact) mass is 538 g/mol. The lowest BCUT2D eigenvalue weighted by Crippen LogP contribution is -2.29. The summed E-state index contributed by atoms with van der Waals surface area (Å²) in [6, 6.07) is 9.03. The lowest BCUT2D eigenvalue weighted by molar-refractivity contribution is -0.138. The topological polar surface area (TPSA) is 60.7 Å². The maximum atomic E-state index is 14.6. The molecule has 9 heteroatoms. The van der Waals surface area contributed by atoms with Crippen LogP contribution in [0.2, 0.25) is 0 Å². The van der Waals surface area contributed by atoms with Gasteiger partial charge in [0.1, 0.15) is 11.3 Å². The minimum atomic E-state index is -4.61. The molecule has 0 atom stereocenters. The van der Waals surface area contributed by atoms with Crippen molar-refractivity contribution in [3.05, 3.63) is 98.6 Å². The van der Waals surface area contributed by atoms with Gasteiger partial charge in [-0.1, -0.05) is 25.5 Å². The first kappa shape index (κ1) is 27.0. The first-order chi connectivity index (χ1) is 18.7. The average molecular weight is 539 g/mol. The summed E-state index contributed by atoms with van der Waals surface area (Å²) in [5.74, 6) is -0.260. The van der Waals surface area contributed by atoms with E-state index in [4.69, 9.17) is 0 Å². The van der Waals surface area contributed by atoms with Gasteiger partial charge in [0, 0.05) is 18.0 Å². The molecule has 0 radical (unpaired) electrons. The second-order valence-corrected chi connectivity index (χ2v) is 10.3. The van der Waals surface area contributed by atoms with Crippen LogP contribution in [-0.4, -0.2) is 19.5 Å². The second-order valence-electron chi connectivity index (χ2n) is 10.3. The number of alkyl halides is 3. The van der Waals surface area contributed by atoms with E-state index in [-0.39, 0.29) is 41.1 Å². The van der Waals surface area contributed by atoms with E-state index in [0.29, 0.717) is 48.9 Å². The molecule has 5 rings (SSSR count). The highest BCUT2D eigenvalue weighted by molar-refractivity contribution is 5.71.